The van der Waals surface area contributed by atoms with Gasteiger partial charge in [-0.25, -0.2) is 0 Å². The molecule has 0 saturated carbocycles. The van der Waals surface area contributed by atoms with E-state index in [1.54, 1.807) is 6.07 Å². The average Bonchev–Trinajstić information content (AvgIpc) is 3.04. The Morgan fingerprint density at radius 2 is 1.68 bits per heavy atom. The third kappa shape index (κ3) is 5.54. The molecule has 1 aromatic heterocycles. The van der Waals surface area contributed by atoms with E-state index in [0.717, 1.165) is 16.9 Å². The van der Waals surface area contributed by atoms with Crippen LogP contribution in [0.25, 0.3) is 12.2 Å². The summed E-state index contributed by atoms with van der Waals surface area (Å²) in [5.41, 5.74) is 8.80. The zero-order valence-electron chi connectivity index (χ0n) is 15.4. The molecule has 3 heteroatoms. The predicted octanol–water partition coefficient (Wildman–Crippen LogP) is 6.05. The third-order valence-corrected chi connectivity index (χ3v) is 3.84. The van der Waals surface area contributed by atoms with Crippen LogP contribution < -0.4 is 0 Å². The van der Waals surface area contributed by atoms with E-state index in [1.807, 2.05) is 25.1 Å². The zero-order chi connectivity index (χ0) is 17.5. The van der Waals surface area contributed by atoms with Gasteiger partial charge in [0.15, 0.2) is 0 Å². The van der Waals surface area contributed by atoms with Crippen LogP contribution in [0.1, 0.15) is 68.8 Å². The molecule has 0 amide bonds. The molecule has 0 atom stereocenters. The minimum absolute atomic E-state index is 0. The summed E-state index contributed by atoms with van der Waals surface area (Å²) < 4.78 is 0. The van der Waals surface area contributed by atoms with E-state index < -0.39 is 0 Å². The molecule has 0 N–H and O–H groups in total. The van der Waals surface area contributed by atoms with Gasteiger partial charge in [0.05, 0.1) is 0 Å². The van der Waals surface area contributed by atoms with Gasteiger partial charge in [-0.05, 0) is 23.6 Å². The summed E-state index contributed by atoms with van der Waals surface area (Å²) in [5, 5.41) is 0. The van der Waals surface area contributed by atoms with E-state index in [2.05, 4.69) is 74.0 Å². The first-order valence-electron chi connectivity index (χ1n) is 8.34. The van der Waals surface area contributed by atoms with Gasteiger partial charge in [0.1, 0.15) is 0 Å². The number of nitrogens with zero attached hydrogens (tertiary/aromatic N) is 2. The first-order chi connectivity index (χ1) is 11.5. The van der Waals surface area contributed by atoms with E-state index in [0.29, 0.717) is 11.8 Å². The molecule has 1 aliphatic rings. The van der Waals surface area contributed by atoms with E-state index in [-0.39, 0.29) is 17.1 Å². The van der Waals surface area contributed by atoms with Crippen LogP contribution in [-0.2, 0) is 17.1 Å². The largest absolute Gasteiger partial charge is 2.00 e. The molecule has 3 rings (SSSR count). The van der Waals surface area contributed by atoms with Crippen molar-refractivity contribution in [1.82, 2.24) is 4.98 Å². The zero-order valence-corrected chi connectivity index (χ0v) is 16.5. The minimum Gasteiger partial charge on any atom is -0.456 e. The first-order valence-corrected chi connectivity index (χ1v) is 8.34. The molecule has 2 nitrogen and oxygen atoms in total. The summed E-state index contributed by atoms with van der Waals surface area (Å²) in [6.07, 6.45) is 9.42. The number of hydrogen-bond acceptors (Lipinski definition) is 2. The van der Waals surface area contributed by atoms with Crippen molar-refractivity contribution >= 4 is 24.1 Å². The maximum atomic E-state index is 4.40. The molecule has 0 unspecified atom stereocenters. The molecule has 1 aliphatic carbocycles. The molecular weight excluding hydrogens is 348 g/mol. The molecule has 0 saturated heterocycles. The van der Waals surface area contributed by atoms with Gasteiger partial charge in [0, 0.05) is 0 Å². The van der Waals surface area contributed by atoms with Crippen molar-refractivity contribution in [2.24, 2.45) is 4.99 Å². The summed E-state index contributed by atoms with van der Waals surface area (Å²) in [6.45, 7) is 10.7. The number of aromatic nitrogens is 1. The van der Waals surface area contributed by atoms with Crippen molar-refractivity contribution in [2.45, 2.75) is 46.5 Å². The van der Waals surface area contributed by atoms with E-state index in [4.69, 9.17) is 0 Å². The van der Waals surface area contributed by atoms with Crippen LogP contribution in [0.3, 0.4) is 0 Å². The number of aliphatic imine (C=N–C) groups is 1. The Bertz CT molecular complexity index is 729. The number of rotatable bonds is 3. The second-order valence-electron chi connectivity index (χ2n) is 6.30. The summed E-state index contributed by atoms with van der Waals surface area (Å²) in [5.74, 6) is 1.02. The second kappa shape index (κ2) is 10.2. The number of benzene rings is 1. The van der Waals surface area contributed by atoms with Gasteiger partial charge in [0.25, 0.3) is 0 Å². The normalized spacial score (nSPS) is 11.5. The Kier molecular flexibility index (Phi) is 8.58. The van der Waals surface area contributed by atoms with Crippen LogP contribution in [-0.4, -0.2) is 11.2 Å². The number of fused-ring (bicyclic) bond motifs is 1. The van der Waals surface area contributed by atoms with Crippen LogP contribution in [0, 0.1) is 6.20 Å². The standard InChI is InChI=1S/C14H20N.C8H4N.Fe/c1-6-15-14-12(10(2)3)8-7-9-13(14)11(4)5;1-3-7-4-2-6-9-8(7)5-1;/h7-11H,1-5H3;2-5H;/q2*-1;+2. The van der Waals surface area contributed by atoms with Crippen LogP contribution >= 0.6 is 0 Å². The van der Waals surface area contributed by atoms with Crippen molar-refractivity contribution in [1.29, 1.82) is 0 Å². The van der Waals surface area contributed by atoms with Crippen LogP contribution in [0.15, 0.2) is 41.1 Å². The van der Waals surface area contributed by atoms with Gasteiger partial charge in [0.2, 0.25) is 0 Å². The van der Waals surface area contributed by atoms with Crippen molar-refractivity contribution in [3.8, 4) is 0 Å². The molecule has 2 aromatic rings. The Labute approximate surface area is 162 Å². The minimum atomic E-state index is 0. The molecule has 1 aromatic carbocycles. The third-order valence-electron chi connectivity index (χ3n) is 3.84. The summed E-state index contributed by atoms with van der Waals surface area (Å²) in [6, 6.07) is 10.2. The van der Waals surface area contributed by atoms with Gasteiger partial charge in [-0.2, -0.15) is 18.3 Å². The summed E-state index contributed by atoms with van der Waals surface area (Å²) >= 11 is 0. The Morgan fingerprint density at radius 3 is 2.20 bits per heavy atom. The van der Waals surface area contributed by atoms with Crippen molar-refractivity contribution < 1.29 is 17.1 Å². The predicted molar refractivity (Wildman–Crippen MR) is 103 cm³/mol. The fourth-order valence-corrected chi connectivity index (χ4v) is 2.58. The van der Waals surface area contributed by atoms with Gasteiger partial charge < -0.3 is 9.98 Å². The smallest absolute Gasteiger partial charge is 0.456 e. The molecule has 0 fully saturated rings. The van der Waals surface area contributed by atoms with E-state index in [1.165, 1.54) is 11.1 Å². The summed E-state index contributed by atoms with van der Waals surface area (Å²) in [7, 11) is 0. The Morgan fingerprint density at radius 1 is 1.04 bits per heavy atom. The molecule has 25 heavy (non-hydrogen) atoms. The molecule has 0 spiro atoms. The molecule has 1 heterocycles. The topological polar surface area (TPSA) is 25.2 Å². The Hall–Kier alpha value is -1.92. The molecule has 0 bridgehead atoms. The van der Waals surface area contributed by atoms with Gasteiger partial charge in [-0.3, -0.25) is 0 Å². The quantitative estimate of drug-likeness (QED) is 0.238. The molecule has 0 radical (unpaired) electrons. The molecular formula is C22H24FeN2. The average molecular weight is 372 g/mol. The maximum Gasteiger partial charge on any atom is 2.00 e. The number of para-hydroxylation sites is 1. The van der Waals surface area contributed by atoms with Crippen LogP contribution in [0.2, 0.25) is 0 Å². The maximum absolute atomic E-state index is 4.40. The van der Waals surface area contributed by atoms with Gasteiger partial charge in [-0.1, -0.05) is 63.9 Å². The Balaban J connectivity index is 0.000000266. The fourth-order valence-electron chi connectivity index (χ4n) is 2.58. The number of hydrogen-bond donors (Lipinski definition) is 0. The molecule has 130 valence electrons. The fraction of sp³-hybridized carbons (Fsp3) is 0.318. The SMILES string of the molecule is C1=Cc2cc[c-]nc2C=1.C[C-]=Nc1c(C(C)C)cccc1C(C)C.[Fe+2]. The van der Waals surface area contributed by atoms with E-state index >= 15 is 0 Å². The second-order valence-corrected chi connectivity index (χ2v) is 6.30. The van der Waals surface area contributed by atoms with Crippen LogP contribution in [0.4, 0.5) is 5.69 Å². The van der Waals surface area contributed by atoms with Crippen molar-refractivity contribution in [3.63, 3.8) is 0 Å². The first kappa shape index (κ1) is 21.1. The number of pyridine rings is 1. The monoisotopic (exact) mass is 372 g/mol. The van der Waals surface area contributed by atoms with Gasteiger partial charge in [-0.15, -0.1) is 29.3 Å². The van der Waals surface area contributed by atoms with E-state index in [9.17, 15) is 0 Å². The van der Waals surface area contributed by atoms with Crippen molar-refractivity contribution in [3.05, 3.63) is 64.6 Å². The van der Waals surface area contributed by atoms with Crippen LogP contribution in [0.5, 0.6) is 0 Å². The van der Waals surface area contributed by atoms with Crippen molar-refractivity contribution in [2.75, 3.05) is 0 Å². The van der Waals surface area contributed by atoms with Gasteiger partial charge >= 0.3 is 17.1 Å². The summed E-state index contributed by atoms with van der Waals surface area (Å²) in [4.78, 5) is 8.38. The molecule has 0 aliphatic heterocycles.